The van der Waals surface area contributed by atoms with E-state index in [-0.39, 0.29) is 17.0 Å². The molecule has 7 heteroatoms. The van der Waals surface area contributed by atoms with Crippen molar-refractivity contribution in [2.75, 3.05) is 12.4 Å². The average Bonchev–Trinajstić information content (AvgIpc) is 2.41. The number of nitrogens with one attached hydrogen (secondary N) is 2. The molecule has 1 fully saturated rings. The van der Waals surface area contributed by atoms with Crippen molar-refractivity contribution in [3.8, 4) is 0 Å². The largest absolute Gasteiger partial charge is 0.393 e. The highest BCUT2D eigenvalue weighted by atomic mass is 32.2. The van der Waals surface area contributed by atoms with E-state index in [0.29, 0.717) is 31.4 Å². The molecular formula is C12H19N3O3S. The highest BCUT2D eigenvalue weighted by Crippen LogP contribution is 2.23. The lowest BCUT2D eigenvalue weighted by Gasteiger charge is -2.26. The molecule has 3 N–H and O–H groups in total. The zero-order valence-corrected chi connectivity index (χ0v) is 11.7. The molecular weight excluding hydrogens is 266 g/mol. The number of aliphatic hydroxyl groups is 1. The summed E-state index contributed by atoms with van der Waals surface area (Å²) in [6.07, 6.45) is 5.18. The summed E-state index contributed by atoms with van der Waals surface area (Å²) in [4.78, 5) is 4.02. The van der Waals surface area contributed by atoms with Gasteiger partial charge in [0.15, 0.2) is 0 Å². The molecule has 19 heavy (non-hydrogen) atoms. The minimum absolute atomic E-state index is 0.113. The van der Waals surface area contributed by atoms with Gasteiger partial charge in [-0.2, -0.15) is 0 Å². The number of anilines is 1. The Labute approximate surface area is 113 Å². The smallest absolute Gasteiger partial charge is 0.244 e. The first-order valence-corrected chi connectivity index (χ1v) is 7.83. The monoisotopic (exact) mass is 285 g/mol. The number of aromatic nitrogens is 1. The average molecular weight is 285 g/mol. The van der Waals surface area contributed by atoms with E-state index < -0.39 is 10.0 Å². The first kappa shape index (κ1) is 14.2. The molecule has 0 atom stereocenters. The third kappa shape index (κ3) is 3.43. The van der Waals surface area contributed by atoms with Gasteiger partial charge < -0.3 is 10.4 Å². The summed E-state index contributed by atoms with van der Waals surface area (Å²) in [5.74, 6) is 0. The third-order valence-corrected chi connectivity index (χ3v) is 4.91. The van der Waals surface area contributed by atoms with Crippen molar-refractivity contribution in [3.05, 3.63) is 18.5 Å². The van der Waals surface area contributed by atoms with Gasteiger partial charge in [-0.25, -0.2) is 13.1 Å². The second-order valence-electron chi connectivity index (χ2n) is 4.75. The van der Waals surface area contributed by atoms with Gasteiger partial charge >= 0.3 is 0 Å². The van der Waals surface area contributed by atoms with Gasteiger partial charge in [-0.05, 0) is 31.7 Å². The highest BCUT2D eigenvalue weighted by Gasteiger charge is 2.26. The topological polar surface area (TPSA) is 91.3 Å². The van der Waals surface area contributed by atoms with Crippen LogP contribution >= 0.6 is 0 Å². The number of pyridine rings is 1. The maximum Gasteiger partial charge on any atom is 0.244 e. The van der Waals surface area contributed by atoms with Crippen LogP contribution < -0.4 is 10.0 Å². The number of aliphatic hydroxyl groups excluding tert-OH is 1. The molecule has 1 heterocycles. The summed E-state index contributed by atoms with van der Waals surface area (Å²) in [6.45, 7) is 0. The molecule has 1 aliphatic rings. The molecule has 0 radical (unpaired) electrons. The predicted molar refractivity (Wildman–Crippen MR) is 72.4 cm³/mol. The summed E-state index contributed by atoms with van der Waals surface area (Å²) in [5.41, 5.74) is 0.526. The molecule has 0 unspecified atom stereocenters. The fraction of sp³-hybridized carbons (Fsp3) is 0.583. The molecule has 1 saturated carbocycles. The van der Waals surface area contributed by atoms with E-state index in [2.05, 4.69) is 15.0 Å². The Hall–Kier alpha value is -1.18. The van der Waals surface area contributed by atoms with Crippen molar-refractivity contribution in [2.45, 2.75) is 42.7 Å². The second-order valence-corrected chi connectivity index (χ2v) is 6.43. The van der Waals surface area contributed by atoms with Crippen LogP contribution in [0.3, 0.4) is 0 Å². The third-order valence-electron chi connectivity index (χ3n) is 3.36. The Morgan fingerprint density at radius 2 is 2.00 bits per heavy atom. The van der Waals surface area contributed by atoms with Crippen LogP contribution in [0.2, 0.25) is 0 Å². The molecule has 2 rings (SSSR count). The number of hydrogen-bond acceptors (Lipinski definition) is 5. The van der Waals surface area contributed by atoms with Crippen molar-refractivity contribution < 1.29 is 13.5 Å². The maximum absolute atomic E-state index is 12.3. The fourth-order valence-corrected chi connectivity index (χ4v) is 3.74. The van der Waals surface area contributed by atoms with Crippen LogP contribution in [0.4, 0.5) is 5.69 Å². The quantitative estimate of drug-likeness (QED) is 0.757. The first-order valence-electron chi connectivity index (χ1n) is 6.35. The van der Waals surface area contributed by atoms with E-state index in [1.54, 1.807) is 19.3 Å². The predicted octanol–water partition coefficient (Wildman–Crippen LogP) is 0.705. The molecule has 0 bridgehead atoms. The lowest BCUT2D eigenvalue weighted by atomic mass is 9.94. The van der Waals surface area contributed by atoms with E-state index in [1.165, 1.54) is 6.20 Å². The van der Waals surface area contributed by atoms with Gasteiger partial charge in [0.1, 0.15) is 4.90 Å². The Morgan fingerprint density at radius 1 is 1.32 bits per heavy atom. The van der Waals surface area contributed by atoms with E-state index in [4.69, 9.17) is 0 Å². The Balaban J connectivity index is 2.14. The lowest BCUT2D eigenvalue weighted by molar-refractivity contribution is 0.120. The summed E-state index contributed by atoms with van der Waals surface area (Å²) in [5, 5.41) is 12.3. The minimum atomic E-state index is -3.58. The van der Waals surface area contributed by atoms with E-state index in [1.807, 2.05) is 0 Å². The maximum atomic E-state index is 12.3. The number of sulfonamides is 1. The molecule has 0 spiro atoms. The normalized spacial score (nSPS) is 24.1. The molecule has 6 nitrogen and oxygen atoms in total. The summed E-state index contributed by atoms with van der Waals surface area (Å²) in [7, 11) is -1.90. The fourth-order valence-electron chi connectivity index (χ4n) is 2.28. The van der Waals surface area contributed by atoms with E-state index in [9.17, 15) is 13.5 Å². The summed E-state index contributed by atoms with van der Waals surface area (Å²) in [6, 6.07) is 1.51. The molecule has 0 aromatic carbocycles. The van der Waals surface area contributed by atoms with Gasteiger partial charge in [-0.15, -0.1) is 0 Å². The van der Waals surface area contributed by atoms with Crippen LogP contribution in [0.25, 0.3) is 0 Å². The first-order chi connectivity index (χ1) is 9.03. The molecule has 0 saturated heterocycles. The number of nitrogens with zero attached hydrogens (tertiary/aromatic N) is 1. The van der Waals surface area contributed by atoms with Crippen LogP contribution in [0.5, 0.6) is 0 Å². The van der Waals surface area contributed by atoms with Gasteiger partial charge in [0.2, 0.25) is 10.0 Å². The van der Waals surface area contributed by atoms with Crippen molar-refractivity contribution in [1.29, 1.82) is 0 Å². The number of rotatable bonds is 4. The van der Waals surface area contributed by atoms with Crippen molar-refractivity contribution >= 4 is 15.7 Å². The van der Waals surface area contributed by atoms with Crippen LogP contribution in [-0.2, 0) is 10.0 Å². The molecule has 0 amide bonds. The van der Waals surface area contributed by atoms with Gasteiger partial charge in [0.05, 0.1) is 11.8 Å². The van der Waals surface area contributed by atoms with Gasteiger partial charge in [0, 0.05) is 25.5 Å². The molecule has 0 aliphatic heterocycles. The van der Waals surface area contributed by atoms with Crippen LogP contribution in [-0.4, -0.2) is 37.7 Å². The summed E-state index contributed by atoms with van der Waals surface area (Å²) < 4.78 is 27.3. The van der Waals surface area contributed by atoms with Crippen molar-refractivity contribution in [2.24, 2.45) is 0 Å². The number of hydrogen-bond donors (Lipinski definition) is 3. The molecule has 106 valence electrons. The van der Waals surface area contributed by atoms with Gasteiger partial charge in [0.25, 0.3) is 0 Å². The Bertz CT molecular complexity index is 525. The Morgan fingerprint density at radius 3 is 2.63 bits per heavy atom. The van der Waals surface area contributed by atoms with Gasteiger partial charge in [-0.1, -0.05) is 0 Å². The highest BCUT2D eigenvalue weighted by molar-refractivity contribution is 7.89. The zero-order chi connectivity index (χ0) is 13.9. The van der Waals surface area contributed by atoms with Gasteiger partial charge in [-0.3, -0.25) is 4.98 Å². The summed E-state index contributed by atoms with van der Waals surface area (Å²) >= 11 is 0. The van der Waals surface area contributed by atoms with Crippen molar-refractivity contribution in [3.63, 3.8) is 0 Å². The lowest BCUT2D eigenvalue weighted by Crippen LogP contribution is -2.38. The molecule has 1 aromatic heterocycles. The van der Waals surface area contributed by atoms with Crippen LogP contribution in [0.15, 0.2) is 23.4 Å². The second kappa shape index (κ2) is 5.85. The van der Waals surface area contributed by atoms with E-state index >= 15 is 0 Å². The SMILES string of the molecule is CNc1ccncc1S(=O)(=O)NC1CCC(O)CC1. The van der Waals surface area contributed by atoms with Crippen LogP contribution in [0, 0.1) is 0 Å². The standard InChI is InChI=1S/C12H19N3O3S/c1-13-11-6-7-14-8-12(11)19(17,18)15-9-2-4-10(16)5-3-9/h6-10,15-16H,2-5H2,1H3,(H,13,14). The zero-order valence-electron chi connectivity index (χ0n) is 10.8. The molecule has 1 aliphatic carbocycles. The van der Waals surface area contributed by atoms with Crippen molar-refractivity contribution in [1.82, 2.24) is 9.71 Å². The van der Waals surface area contributed by atoms with Crippen LogP contribution in [0.1, 0.15) is 25.7 Å². The molecule has 1 aromatic rings. The Kier molecular flexibility index (Phi) is 4.38. The van der Waals surface area contributed by atoms with E-state index in [0.717, 1.165) is 0 Å². The minimum Gasteiger partial charge on any atom is -0.393 e.